The summed E-state index contributed by atoms with van der Waals surface area (Å²) in [6.45, 7) is 11.8. The van der Waals surface area contributed by atoms with Crippen LogP contribution in [0.3, 0.4) is 0 Å². The summed E-state index contributed by atoms with van der Waals surface area (Å²) in [6.07, 6.45) is 9.35. The van der Waals surface area contributed by atoms with Gasteiger partial charge in [0, 0.05) is 0 Å². The number of hydrogen-bond acceptors (Lipinski definition) is 10. The second-order valence-electron chi connectivity index (χ2n) is 9.85. The van der Waals surface area contributed by atoms with Crippen molar-refractivity contribution in [2.75, 3.05) is 106 Å². The molecule has 43 heavy (non-hydrogen) atoms. The number of ether oxygens (including phenoxy) is 9. The van der Waals surface area contributed by atoms with Gasteiger partial charge in [-0.25, -0.2) is 0 Å². The maximum Gasteiger partial charge on any atom is 0.308 e. The topological polar surface area (TPSA) is 100 Å². The molecular weight excluding hydrogens is 556 g/mol. The van der Waals surface area contributed by atoms with Gasteiger partial charge in [-0.05, 0) is 37.5 Å². The van der Waals surface area contributed by atoms with Gasteiger partial charge >= 0.3 is 5.97 Å². The molecule has 0 aliphatic rings. The standard InChI is InChI=1S/C33H58O10/c1-3-5-6-7-8-9-10-31-11-13-32(14-12-31)43-30-29-41-28-27-40-26-25-39-24-23-38-22-21-37-20-19-36-18-17-35-16-15-33(34)42-4-2/h11-14H,3-10,15-30H2,1-2H3. The number of hydrogen-bond donors (Lipinski definition) is 0. The Balaban J connectivity index is 1.74. The van der Waals surface area contributed by atoms with Crippen molar-refractivity contribution in [1.29, 1.82) is 0 Å². The van der Waals surface area contributed by atoms with Gasteiger partial charge in [0.15, 0.2) is 0 Å². The van der Waals surface area contributed by atoms with E-state index in [1.54, 1.807) is 6.92 Å². The second-order valence-corrected chi connectivity index (χ2v) is 9.85. The van der Waals surface area contributed by atoms with Crippen LogP contribution in [0.4, 0.5) is 0 Å². The summed E-state index contributed by atoms with van der Waals surface area (Å²) in [5.74, 6) is 0.638. The Morgan fingerprint density at radius 2 is 0.930 bits per heavy atom. The zero-order valence-electron chi connectivity index (χ0n) is 26.9. The van der Waals surface area contributed by atoms with Gasteiger partial charge in [-0.3, -0.25) is 4.79 Å². The summed E-state index contributed by atoms with van der Waals surface area (Å²) in [7, 11) is 0. The smallest absolute Gasteiger partial charge is 0.308 e. The van der Waals surface area contributed by atoms with Crippen LogP contribution in [0.15, 0.2) is 24.3 Å². The zero-order chi connectivity index (χ0) is 30.9. The third-order valence-corrected chi connectivity index (χ3v) is 6.23. The summed E-state index contributed by atoms with van der Waals surface area (Å²) in [4.78, 5) is 11.1. The van der Waals surface area contributed by atoms with Crippen molar-refractivity contribution < 1.29 is 47.4 Å². The second kappa shape index (κ2) is 31.6. The van der Waals surface area contributed by atoms with Gasteiger partial charge in [0.2, 0.25) is 0 Å². The minimum absolute atomic E-state index is 0.246. The average molecular weight is 615 g/mol. The summed E-state index contributed by atoms with van der Waals surface area (Å²) in [5, 5.41) is 0. The largest absolute Gasteiger partial charge is 0.491 e. The van der Waals surface area contributed by atoms with Crippen molar-refractivity contribution in [3.8, 4) is 5.75 Å². The molecule has 0 bridgehead atoms. The minimum atomic E-state index is -0.246. The first-order valence-electron chi connectivity index (χ1n) is 16.2. The van der Waals surface area contributed by atoms with E-state index in [1.807, 2.05) is 12.1 Å². The fraction of sp³-hybridized carbons (Fsp3) is 0.788. The zero-order valence-corrected chi connectivity index (χ0v) is 26.9. The van der Waals surface area contributed by atoms with Crippen molar-refractivity contribution in [2.45, 2.75) is 65.2 Å². The van der Waals surface area contributed by atoms with E-state index in [0.717, 1.165) is 12.2 Å². The Hall–Kier alpha value is -1.79. The molecule has 0 fully saturated rings. The van der Waals surface area contributed by atoms with Crippen LogP contribution in [0.2, 0.25) is 0 Å². The fourth-order valence-corrected chi connectivity index (χ4v) is 3.89. The molecule has 0 heterocycles. The molecule has 0 radical (unpaired) electrons. The molecule has 0 saturated heterocycles. The van der Waals surface area contributed by atoms with Crippen LogP contribution in [0.25, 0.3) is 0 Å². The number of benzene rings is 1. The highest BCUT2D eigenvalue weighted by Crippen LogP contribution is 2.15. The van der Waals surface area contributed by atoms with Gasteiger partial charge in [0.05, 0.1) is 106 Å². The van der Waals surface area contributed by atoms with E-state index in [0.29, 0.717) is 106 Å². The van der Waals surface area contributed by atoms with Gasteiger partial charge in [-0.15, -0.1) is 0 Å². The van der Waals surface area contributed by atoms with Crippen molar-refractivity contribution in [3.63, 3.8) is 0 Å². The first kappa shape index (κ1) is 39.2. The van der Waals surface area contributed by atoms with Gasteiger partial charge in [0.1, 0.15) is 12.4 Å². The summed E-state index contributed by atoms with van der Waals surface area (Å²) < 4.78 is 48.8. The Morgan fingerprint density at radius 3 is 1.40 bits per heavy atom. The third-order valence-electron chi connectivity index (χ3n) is 6.23. The molecule has 0 atom stereocenters. The van der Waals surface area contributed by atoms with Crippen LogP contribution in [0.5, 0.6) is 5.75 Å². The molecule has 1 aromatic rings. The van der Waals surface area contributed by atoms with Crippen LogP contribution < -0.4 is 4.74 Å². The Bertz CT molecular complexity index is 716. The van der Waals surface area contributed by atoms with Gasteiger partial charge < -0.3 is 42.6 Å². The molecule has 1 aromatic carbocycles. The summed E-state index contributed by atoms with van der Waals surface area (Å²) >= 11 is 0. The molecule has 0 amide bonds. The molecule has 1 rings (SSSR count). The Kier molecular flexibility index (Phi) is 28.9. The van der Waals surface area contributed by atoms with Gasteiger partial charge in [0.25, 0.3) is 0 Å². The predicted octanol–water partition coefficient (Wildman–Crippen LogP) is 5.04. The Morgan fingerprint density at radius 1 is 0.512 bits per heavy atom. The van der Waals surface area contributed by atoms with E-state index in [-0.39, 0.29) is 12.4 Å². The number of aryl methyl sites for hydroxylation is 1. The quantitative estimate of drug-likeness (QED) is 0.0791. The van der Waals surface area contributed by atoms with Crippen molar-refractivity contribution in [1.82, 2.24) is 0 Å². The predicted molar refractivity (Wildman–Crippen MR) is 166 cm³/mol. The van der Waals surface area contributed by atoms with E-state index < -0.39 is 0 Å². The molecule has 10 heteroatoms. The van der Waals surface area contributed by atoms with E-state index in [9.17, 15) is 4.79 Å². The first-order valence-corrected chi connectivity index (χ1v) is 16.2. The molecule has 0 N–H and O–H groups in total. The maximum atomic E-state index is 11.1. The highest BCUT2D eigenvalue weighted by atomic mass is 16.6. The molecule has 10 nitrogen and oxygen atoms in total. The Labute approximate surface area is 259 Å². The molecule has 250 valence electrons. The third kappa shape index (κ3) is 27.5. The first-order chi connectivity index (χ1) is 21.3. The molecule has 0 spiro atoms. The molecular formula is C33H58O10. The maximum absolute atomic E-state index is 11.1. The highest BCUT2D eigenvalue weighted by Gasteiger charge is 2.01. The SMILES string of the molecule is CCCCCCCCc1ccc(OCCOCCOCCOCCOCCOCCOCCOCCC(=O)OCC)cc1. The number of carbonyl (C=O) groups is 1. The van der Waals surface area contributed by atoms with E-state index in [2.05, 4.69) is 19.1 Å². The minimum Gasteiger partial charge on any atom is -0.491 e. The molecule has 0 saturated carbocycles. The monoisotopic (exact) mass is 614 g/mol. The van der Waals surface area contributed by atoms with E-state index in [1.165, 1.54) is 44.1 Å². The lowest BCUT2D eigenvalue weighted by Crippen LogP contribution is -2.15. The number of esters is 1. The molecule has 0 unspecified atom stereocenters. The number of rotatable bonds is 33. The summed E-state index contributed by atoms with van der Waals surface area (Å²) in [6, 6.07) is 8.42. The van der Waals surface area contributed by atoms with Crippen LogP contribution in [0.1, 0.15) is 64.4 Å². The lowest BCUT2D eigenvalue weighted by atomic mass is 10.0. The normalized spacial score (nSPS) is 11.2. The fourth-order valence-electron chi connectivity index (χ4n) is 3.89. The van der Waals surface area contributed by atoms with Gasteiger partial charge in [-0.2, -0.15) is 0 Å². The number of unbranched alkanes of at least 4 members (excludes halogenated alkanes) is 5. The van der Waals surface area contributed by atoms with E-state index in [4.69, 9.17) is 42.6 Å². The highest BCUT2D eigenvalue weighted by molar-refractivity contribution is 5.69. The van der Waals surface area contributed by atoms with Crippen molar-refractivity contribution in [3.05, 3.63) is 29.8 Å². The average Bonchev–Trinajstić information content (AvgIpc) is 3.01. The van der Waals surface area contributed by atoms with E-state index >= 15 is 0 Å². The van der Waals surface area contributed by atoms with Crippen LogP contribution in [-0.2, 0) is 49.1 Å². The molecule has 0 aliphatic carbocycles. The lowest BCUT2D eigenvalue weighted by Gasteiger charge is -2.09. The number of carbonyl (C=O) groups excluding carboxylic acids is 1. The van der Waals surface area contributed by atoms with Crippen molar-refractivity contribution in [2.24, 2.45) is 0 Å². The molecule has 0 aliphatic heterocycles. The van der Waals surface area contributed by atoms with Crippen LogP contribution >= 0.6 is 0 Å². The lowest BCUT2D eigenvalue weighted by molar-refractivity contribution is -0.144. The van der Waals surface area contributed by atoms with Crippen LogP contribution in [0, 0.1) is 0 Å². The van der Waals surface area contributed by atoms with Crippen LogP contribution in [-0.4, -0.2) is 112 Å². The molecule has 0 aromatic heterocycles. The summed E-state index contributed by atoms with van der Waals surface area (Å²) in [5.41, 5.74) is 1.38. The van der Waals surface area contributed by atoms with Crippen molar-refractivity contribution >= 4 is 5.97 Å². The van der Waals surface area contributed by atoms with Gasteiger partial charge in [-0.1, -0.05) is 51.2 Å².